The SMILES string of the molecule is Cc1cc(C(C)(C)CCCCCCCCCC(N)C(C)C)ccc1N. The van der Waals surface area contributed by atoms with Crippen LogP contribution in [0.3, 0.4) is 0 Å². The van der Waals surface area contributed by atoms with Gasteiger partial charge >= 0.3 is 0 Å². The molecule has 1 rings (SSSR count). The van der Waals surface area contributed by atoms with Crippen molar-refractivity contribution in [1.29, 1.82) is 0 Å². The number of nitrogens with two attached hydrogens (primary N) is 2. The second-order valence-corrected chi connectivity index (χ2v) is 8.88. The van der Waals surface area contributed by atoms with Crippen LogP contribution in [0.2, 0.25) is 0 Å². The highest BCUT2D eigenvalue weighted by Gasteiger charge is 2.20. The topological polar surface area (TPSA) is 52.0 Å². The van der Waals surface area contributed by atoms with Gasteiger partial charge in [0.15, 0.2) is 0 Å². The van der Waals surface area contributed by atoms with Crippen molar-refractivity contribution >= 4 is 5.69 Å². The summed E-state index contributed by atoms with van der Waals surface area (Å²) in [5.74, 6) is 0.619. The number of unbranched alkanes of at least 4 members (excludes halogenated alkanes) is 6. The zero-order valence-corrected chi connectivity index (χ0v) is 17.4. The van der Waals surface area contributed by atoms with Crippen molar-refractivity contribution in [2.75, 3.05) is 5.73 Å². The van der Waals surface area contributed by atoms with Crippen LogP contribution < -0.4 is 11.5 Å². The van der Waals surface area contributed by atoms with Gasteiger partial charge in [-0.2, -0.15) is 0 Å². The molecule has 0 aromatic heterocycles. The normalized spacial score (nSPS) is 13.4. The van der Waals surface area contributed by atoms with E-state index in [1.807, 2.05) is 0 Å². The van der Waals surface area contributed by atoms with E-state index in [1.54, 1.807) is 0 Å². The molecule has 0 radical (unpaired) electrons. The van der Waals surface area contributed by atoms with Crippen LogP contribution >= 0.6 is 0 Å². The van der Waals surface area contributed by atoms with Crippen LogP contribution in [0.4, 0.5) is 5.69 Å². The Morgan fingerprint density at radius 1 is 0.920 bits per heavy atom. The van der Waals surface area contributed by atoms with Gasteiger partial charge in [0.1, 0.15) is 0 Å². The lowest BCUT2D eigenvalue weighted by molar-refractivity contribution is 0.430. The molecule has 0 spiro atoms. The Hall–Kier alpha value is -1.02. The fraction of sp³-hybridized carbons (Fsp3) is 0.739. The van der Waals surface area contributed by atoms with Gasteiger partial charge < -0.3 is 11.5 Å². The Kier molecular flexibility index (Phi) is 9.56. The highest BCUT2D eigenvalue weighted by Crippen LogP contribution is 2.31. The van der Waals surface area contributed by atoms with Gasteiger partial charge in [0, 0.05) is 11.7 Å². The monoisotopic (exact) mass is 346 g/mol. The lowest BCUT2D eigenvalue weighted by Gasteiger charge is -2.26. The fourth-order valence-corrected chi connectivity index (χ4v) is 3.41. The molecule has 2 heteroatoms. The van der Waals surface area contributed by atoms with Gasteiger partial charge in [-0.15, -0.1) is 0 Å². The van der Waals surface area contributed by atoms with Crippen molar-refractivity contribution in [3.8, 4) is 0 Å². The molecule has 144 valence electrons. The number of rotatable bonds is 12. The minimum absolute atomic E-state index is 0.242. The number of aryl methyl sites for hydroxylation is 1. The lowest BCUT2D eigenvalue weighted by atomic mass is 9.79. The predicted octanol–water partition coefficient (Wildman–Crippen LogP) is 6.35. The third-order valence-corrected chi connectivity index (χ3v) is 5.75. The first-order chi connectivity index (χ1) is 11.7. The first kappa shape index (κ1) is 22.0. The number of hydrogen-bond donors (Lipinski definition) is 2. The summed E-state index contributed by atoms with van der Waals surface area (Å²) < 4.78 is 0. The van der Waals surface area contributed by atoms with E-state index in [9.17, 15) is 0 Å². The van der Waals surface area contributed by atoms with E-state index in [-0.39, 0.29) is 5.41 Å². The molecular weight excluding hydrogens is 304 g/mol. The Morgan fingerprint density at radius 2 is 1.48 bits per heavy atom. The summed E-state index contributed by atoms with van der Waals surface area (Å²) in [5, 5.41) is 0. The number of benzene rings is 1. The standard InChI is InChI=1S/C23H42N2/c1-18(2)21(24)13-11-9-7-6-8-10-12-16-23(4,5)20-14-15-22(25)19(3)17-20/h14-15,17-18,21H,6-13,16,24-25H2,1-5H3. The van der Waals surface area contributed by atoms with Crippen LogP contribution in [0.25, 0.3) is 0 Å². The predicted molar refractivity (Wildman–Crippen MR) is 113 cm³/mol. The molecular formula is C23H42N2. The Balaban J connectivity index is 2.13. The van der Waals surface area contributed by atoms with Crippen LogP contribution in [-0.4, -0.2) is 6.04 Å². The molecule has 0 saturated carbocycles. The van der Waals surface area contributed by atoms with E-state index in [1.165, 1.54) is 68.9 Å². The molecule has 25 heavy (non-hydrogen) atoms. The summed E-state index contributed by atoms with van der Waals surface area (Å²) in [6.45, 7) is 11.3. The summed E-state index contributed by atoms with van der Waals surface area (Å²) in [4.78, 5) is 0. The Bertz CT molecular complexity index is 491. The van der Waals surface area contributed by atoms with Gasteiger partial charge in [-0.25, -0.2) is 0 Å². The molecule has 2 nitrogen and oxygen atoms in total. The average molecular weight is 347 g/mol. The van der Waals surface area contributed by atoms with Gasteiger partial charge in [0.05, 0.1) is 0 Å². The highest BCUT2D eigenvalue weighted by atomic mass is 14.6. The molecule has 4 N–H and O–H groups in total. The van der Waals surface area contributed by atoms with E-state index in [0.29, 0.717) is 12.0 Å². The smallest absolute Gasteiger partial charge is 0.0343 e. The van der Waals surface area contributed by atoms with E-state index in [0.717, 1.165) is 5.69 Å². The second kappa shape index (κ2) is 10.9. The zero-order chi connectivity index (χ0) is 18.9. The lowest BCUT2D eigenvalue weighted by Crippen LogP contribution is -2.25. The van der Waals surface area contributed by atoms with E-state index in [2.05, 4.69) is 52.8 Å². The van der Waals surface area contributed by atoms with Gasteiger partial charge in [-0.1, -0.05) is 84.8 Å². The zero-order valence-electron chi connectivity index (χ0n) is 17.4. The molecule has 0 aliphatic heterocycles. The van der Waals surface area contributed by atoms with Gasteiger partial charge in [0.2, 0.25) is 0 Å². The van der Waals surface area contributed by atoms with Crippen molar-refractivity contribution in [2.45, 2.75) is 104 Å². The van der Waals surface area contributed by atoms with Crippen molar-refractivity contribution in [2.24, 2.45) is 11.7 Å². The molecule has 0 bridgehead atoms. The summed E-state index contributed by atoms with van der Waals surface area (Å²) in [5.41, 5.74) is 15.8. The molecule has 0 aliphatic carbocycles. The van der Waals surface area contributed by atoms with E-state index < -0.39 is 0 Å². The van der Waals surface area contributed by atoms with Crippen LogP contribution in [0.5, 0.6) is 0 Å². The quantitative estimate of drug-likeness (QED) is 0.342. The van der Waals surface area contributed by atoms with E-state index >= 15 is 0 Å². The van der Waals surface area contributed by atoms with Crippen molar-refractivity contribution < 1.29 is 0 Å². The molecule has 0 aliphatic rings. The summed E-state index contributed by atoms with van der Waals surface area (Å²) in [6.07, 6.45) is 11.8. The van der Waals surface area contributed by atoms with Crippen molar-refractivity contribution in [3.63, 3.8) is 0 Å². The first-order valence-corrected chi connectivity index (χ1v) is 10.4. The fourth-order valence-electron chi connectivity index (χ4n) is 3.41. The number of nitrogen functional groups attached to an aromatic ring is 1. The summed E-state index contributed by atoms with van der Waals surface area (Å²) >= 11 is 0. The molecule has 1 aromatic carbocycles. The van der Waals surface area contributed by atoms with Crippen LogP contribution in [0, 0.1) is 12.8 Å². The minimum Gasteiger partial charge on any atom is -0.399 e. The Morgan fingerprint density at radius 3 is 2.04 bits per heavy atom. The summed E-state index contributed by atoms with van der Waals surface area (Å²) in [6, 6.07) is 6.90. The maximum Gasteiger partial charge on any atom is 0.0343 e. The molecule has 1 unspecified atom stereocenters. The number of anilines is 1. The highest BCUT2D eigenvalue weighted by molar-refractivity contribution is 5.48. The second-order valence-electron chi connectivity index (χ2n) is 8.88. The minimum atomic E-state index is 0.242. The van der Waals surface area contributed by atoms with Gasteiger partial charge in [-0.3, -0.25) is 0 Å². The first-order valence-electron chi connectivity index (χ1n) is 10.4. The molecule has 1 aromatic rings. The van der Waals surface area contributed by atoms with Gasteiger partial charge in [0.25, 0.3) is 0 Å². The van der Waals surface area contributed by atoms with Crippen LogP contribution in [0.15, 0.2) is 18.2 Å². The third kappa shape index (κ3) is 8.27. The summed E-state index contributed by atoms with van der Waals surface area (Å²) in [7, 11) is 0. The molecule has 0 saturated heterocycles. The van der Waals surface area contributed by atoms with Crippen LogP contribution in [0.1, 0.15) is 96.6 Å². The largest absolute Gasteiger partial charge is 0.399 e. The average Bonchev–Trinajstić information content (AvgIpc) is 2.55. The van der Waals surface area contributed by atoms with Gasteiger partial charge in [-0.05, 0) is 48.3 Å². The number of hydrogen-bond acceptors (Lipinski definition) is 2. The van der Waals surface area contributed by atoms with Crippen molar-refractivity contribution in [3.05, 3.63) is 29.3 Å². The molecule has 0 amide bonds. The van der Waals surface area contributed by atoms with E-state index in [4.69, 9.17) is 11.5 Å². The maximum absolute atomic E-state index is 6.10. The third-order valence-electron chi connectivity index (χ3n) is 5.75. The molecule has 0 fully saturated rings. The van der Waals surface area contributed by atoms with Crippen LogP contribution in [-0.2, 0) is 5.41 Å². The Labute approximate surface area is 156 Å². The molecule has 0 heterocycles. The maximum atomic E-state index is 6.10. The van der Waals surface area contributed by atoms with Crippen molar-refractivity contribution in [1.82, 2.24) is 0 Å². The molecule has 1 atom stereocenters.